The van der Waals surface area contributed by atoms with Crippen LogP contribution in [0.3, 0.4) is 0 Å². The first-order valence-electron chi connectivity index (χ1n) is 12.0. The molecule has 1 heterocycles. The van der Waals surface area contributed by atoms with Gasteiger partial charge in [0.25, 0.3) is 0 Å². The minimum absolute atomic E-state index is 0.129. The molecule has 6 heteroatoms. The van der Waals surface area contributed by atoms with Crippen molar-refractivity contribution in [3.05, 3.63) is 54.4 Å². The molecule has 182 valence electrons. The predicted octanol–water partition coefficient (Wildman–Crippen LogP) is 5.99. The van der Waals surface area contributed by atoms with Crippen molar-refractivity contribution in [1.82, 2.24) is 4.98 Å². The quantitative estimate of drug-likeness (QED) is 0.215. The number of aromatic nitrogens is 1. The lowest BCUT2D eigenvalue weighted by Crippen LogP contribution is -2.26. The summed E-state index contributed by atoms with van der Waals surface area (Å²) < 4.78 is 22.4. The summed E-state index contributed by atoms with van der Waals surface area (Å²) in [6.07, 6.45) is 9.29. The number of esters is 1. The summed E-state index contributed by atoms with van der Waals surface area (Å²) in [4.78, 5) is 16.0. The number of unbranched alkanes of at least 4 members (excludes halogenated alkanes) is 3. The summed E-state index contributed by atoms with van der Waals surface area (Å²) in [5.41, 5.74) is 0.660. The minimum Gasteiger partial charge on any atom is -0.494 e. The van der Waals surface area contributed by atoms with Gasteiger partial charge in [-0.25, -0.2) is 0 Å². The van der Waals surface area contributed by atoms with Gasteiger partial charge in [-0.2, -0.15) is 0 Å². The van der Waals surface area contributed by atoms with E-state index in [1.165, 1.54) is 0 Å². The van der Waals surface area contributed by atoms with Gasteiger partial charge in [0.1, 0.15) is 11.5 Å². The van der Waals surface area contributed by atoms with E-state index in [1.54, 1.807) is 6.20 Å². The fraction of sp³-hybridized carbons (Fsp3) is 0.556. The molecule has 0 atom stereocenters. The molecule has 0 radical (unpaired) electrons. The van der Waals surface area contributed by atoms with E-state index in [-0.39, 0.29) is 5.97 Å². The van der Waals surface area contributed by atoms with Crippen molar-refractivity contribution < 1.29 is 23.7 Å². The van der Waals surface area contributed by atoms with Crippen molar-refractivity contribution in [1.29, 1.82) is 0 Å². The van der Waals surface area contributed by atoms with E-state index in [0.29, 0.717) is 26.4 Å². The van der Waals surface area contributed by atoms with Crippen LogP contribution in [0.1, 0.15) is 64.9 Å². The van der Waals surface area contributed by atoms with Gasteiger partial charge in [0.2, 0.25) is 0 Å². The first kappa shape index (κ1) is 26.7. The molecule has 1 aromatic heterocycles. The highest BCUT2D eigenvalue weighted by Crippen LogP contribution is 2.25. The third kappa shape index (κ3) is 11.2. The molecule has 0 aliphatic heterocycles. The lowest BCUT2D eigenvalue weighted by molar-refractivity contribution is -0.153. The Balaban J connectivity index is 1.48. The molecule has 0 aliphatic carbocycles. The first-order chi connectivity index (χ1) is 16.0. The zero-order valence-electron chi connectivity index (χ0n) is 20.4. The normalized spacial score (nSPS) is 11.2. The van der Waals surface area contributed by atoms with Crippen LogP contribution < -0.4 is 9.47 Å². The van der Waals surface area contributed by atoms with Gasteiger partial charge in [-0.15, -0.1) is 0 Å². The summed E-state index contributed by atoms with van der Waals surface area (Å²) >= 11 is 0. The van der Waals surface area contributed by atoms with Crippen LogP contribution in [0.25, 0.3) is 0 Å². The second kappa shape index (κ2) is 15.3. The lowest BCUT2D eigenvalue weighted by atomic mass is 9.87. The molecular formula is C27H39NO5. The average molecular weight is 458 g/mol. The maximum atomic E-state index is 11.9. The molecule has 0 N–H and O–H groups in total. The molecule has 0 spiro atoms. The number of nitrogens with zero attached hydrogens (tertiary/aromatic N) is 1. The van der Waals surface area contributed by atoms with Gasteiger partial charge in [-0.3, -0.25) is 9.78 Å². The number of ether oxygens (including phenoxy) is 4. The SMILES string of the molecule is CCOC(=O)C(C)(C)CCCCOc1ccc(OCCCCCOCc2cccnc2)cc1. The summed E-state index contributed by atoms with van der Waals surface area (Å²) in [5, 5.41) is 0. The van der Waals surface area contributed by atoms with Gasteiger partial charge in [0.05, 0.1) is 31.8 Å². The van der Waals surface area contributed by atoms with Crippen LogP contribution in [0, 0.1) is 5.41 Å². The van der Waals surface area contributed by atoms with Crippen LogP contribution in [0.4, 0.5) is 0 Å². The van der Waals surface area contributed by atoms with E-state index in [4.69, 9.17) is 18.9 Å². The standard InChI is InChI=1S/C27H39NO5/c1-4-31-26(29)27(2,3)16-6-9-20-33-25-14-12-24(13-15-25)32-19-8-5-7-18-30-22-23-11-10-17-28-21-23/h10-15,17,21H,4-9,16,18-20,22H2,1-3H3. The number of benzene rings is 1. The van der Waals surface area contributed by atoms with Crippen LogP contribution in [0.15, 0.2) is 48.8 Å². The smallest absolute Gasteiger partial charge is 0.311 e. The maximum absolute atomic E-state index is 11.9. The molecular weight excluding hydrogens is 418 g/mol. The van der Waals surface area contributed by atoms with E-state index < -0.39 is 5.41 Å². The van der Waals surface area contributed by atoms with Crippen LogP contribution in [0.2, 0.25) is 0 Å². The molecule has 0 unspecified atom stereocenters. The Kier molecular flexibility index (Phi) is 12.3. The second-order valence-corrected chi connectivity index (χ2v) is 8.70. The third-order valence-corrected chi connectivity index (χ3v) is 5.31. The molecule has 6 nitrogen and oxygen atoms in total. The summed E-state index contributed by atoms with van der Waals surface area (Å²) in [6, 6.07) is 11.7. The molecule has 0 saturated heterocycles. The molecule has 0 amide bonds. The van der Waals surface area contributed by atoms with Gasteiger partial charge in [0, 0.05) is 19.0 Å². The molecule has 1 aromatic carbocycles. The maximum Gasteiger partial charge on any atom is 0.311 e. The fourth-order valence-electron chi connectivity index (χ4n) is 3.27. The Bertz CT molecular complexity index is 777. The van der Waals surface area contributed by atoms with Crippen LogP contribution in [-0.2, 0) is 20.9 Å². The molecule has 0 saturated carbocycles. The number of hydrogen-bond acceptors (Lipinski definition) is 6. The summed E-state index contributed by atoms with van der Waals surface area (Å²) in [5.74, 6) is 1.56. The monoisotopic (exact) mass is 457 g/mol. The zero-order chi connectivity index (χ0) is 23.8. The Morgan fingerprint density at radius 3 is 2.12 bits per heavy atom. The second-order valence-electron chi connectivity index (χ2n) is 8.70. The van der Waals surface area contributed by atoms with Gasteiger partial charge in [-0.05, 0) is 95.2 Å². The molecule has 0 fully saturated rings. The number of rotatable bonds is 17. The Morgan fingerprint density at radius 1 is 0.879 bits per heavy atom. The fourth-order valence-corrected chi connectivity index (χ4v) is 3.27. The number of carbonyl (C=O) groups is 1. The van der Waals surface area contributed by atoms with E-state index in [2.05, 4.69) is 4.98 Å². The molecule has 2 rings (SSSR count). The first-order valence-corrected chi connectivity index (χ1v) is 12.0. The van der Waals surface area contributed by atoms with Crippen molar-refractivity contribution >= 4 is 5.97 Å². The molecule has 0 aliphatic rings. The highest BCUT2D eigenvalue weighted by atomic mass is 16.5. The number of carbonyl (C=O) groups excluding carboxylic acids is 1. The molecule has 33 heavy (non-hydrogen) atoms. The van der Waals surface area contributed by atoms with E-state index in [1.807, 2.05) is 63.4 Å². The van der Waals surface area contributed by atoms with Crippen LogP contribution >= 0.6 is 0 Å². The van der Waals surface area contributed by atoms with Crippen molar-refractivity contribution in [2.45, 2.75) is 65.9 Å². The summed E-state index contributed by atoms with van der Waals surface area (Å²) in [7, 11) is 0. The van der Waals surface area contributed by atoms with Crippen LogP contribution in [-0.4, -0.2) is 37.4 Å². The molecule has 0 bridgehead atoms. The van der Waals surface area contributed by atoms with Crippen LogP contribution in [0.5, 0.6) is 11.5 Å². The van der Waals surface area contributed by atoms with Gasteiger partial charge >= 0.3 is 5.97 Å². The van der Waals surface area contributed by atoms with E-state index in [0.717, 1.165) is 62.2 Å². The topological polar surface area (TPSA) is 66.9 Å². The van der Waals surface area contributed by atoms with Crippen molar-refractivity contribution in [3.63, 3.8) is 0 Å². The third-order valence-electron chi connectivity index (χ3n) is 5.31. The number of hydrogen-bond donors (Lipinski definition) is 0. The number of pyridine rings is 1. The summed E-state index contributed by atoms with van der Waals surface area (Å²) in [6.45, 7) is 8.81. The molecule has 2 aromatic rings. The van der Waals surface area contributed by atoms with Gasteiger partial charge in [-0.1, -0.05) is 6.07 Å². The van der Waals surface area contributed by atoms with Crippen molar-refractivity contribution in [2.75, 3.05) is 26.4 Å². The average Bonchev–Trinajstić information content (AvgIpc) is 2.82. The Hall–Kier alpha value is -2.60. The van der Waals surface area contributed by atoms with E-state index in [9.17, 15) is 4.79 Å². The largest absolute Gasteiger partial charge is 0.494 e. The van der Waals surface area contributed by atoms with Gasteiger partial charge in [0.15, 0.2) is 0 Å². The van der Waals surface area contributed by atoms with E-state index >= 15 is 0 Å². The Morgan fingerprint density at radius 2 is 1.52 bits per heavy atom. The Labute approximate surface area is 198 Å². The zero-order valence-corrected chi connectivity index (χ0v) is 20.4. The minimum atomic E-state index is -0.443. The predicted molar refractivity (Wildman–Crippen MR) is 129 cm³/mol. The van der Waals surface area contributed by atoms with Crippen molar-refractivity contribution in [3.8, 4) is 11.5 Å². The van der Waals surface area contributed by atoms with Gasteiger partial charge < -0.3 is 18.9 Å². The highest BCUT2D eigenvalue weighted by molar-refractivity contribution is 5.75. The highest BCUT2D eigenvalue weighted by Gasteiger charge is 2.28. The van der Waals surface area contributed by atoms with Crippen molar-refractivity contribution in [2.24, 2.45) is 5.41 Å². The lowest BCUT2D eigenvalue weighted by Gasteiger charge is -2.21.